The molecule has 0 unspecified atom stereocenters. The van der Waals surface area contributed by atoms with Crippen molar-refractivity contribution in [1.82, 2.24) is 14.5 Å². The molecule has 3 nitrogen and oxygen atoms in total. The number of aromatic nitrogens is 3. The van der Waals surface area contributed by atoms with E-state index in [1.165, 1.54) is 11.1 Å². The third-order valence-electron chi connectivity index (χ3n) is 4.01. The molecule has 0 radical (unpaired) electrons. The van der Waals surface area contributed by atoms with Crippen LogP contribution >= 0.6 is 11.8 Å². The van der Waals surface area contributed by atoms with Crippen molar-refractivity contribution in [2.45, 2.75) is 24.1 Å². The highest BCUT2D eigenvalue weighted by Crippen LogP contribution is 2.37. The maximum atomic E-state index is 4.61. The number of benzene rings is 2. The number of nitrogens with zero attached hydrogens (tertiary/aromatic N) is 3. The van der Waals surface area contributed by atoms with E-state index in [9.17, 15) is 0 Å². The molecule has 2 aromatic heterocycles. The Balaban J connectivity index is 2.03. The smallest absolute Gasteiger partial charge is 0.149 e. The van der Waals surface area contributed by atoms with Crippen LogP contribution in [0.25, 0.3) is 27.8 Å². The van der Waals surface area contributed by atoms with E-state index in [-0.39, 0.29) is 0 Å². The van der Waals surface area contributed by atoms with E-state index in [4.69, 9.17) is 0 Å². The summed E-state index contributed by atoms with van der Waals surface area (Å²) in [7, 11) is 0. The van der Waals surface area contributed by atoms with Crippen molar-refractivity contribution in [3.05, 3.63) is 73.2 Å². The molecule has 0 atom stereocenters. The van der Waals surface area contributed by atoms with Crippen LogP contribution in [-0.2, 0) is 0 Å². The molecular weight excluding hydrogens is 326 g/mol. The lowest BCUT2D eigenvalue weighted by Gasteiger charge is -2.07. The van der Waals surface area contributed by atoms with Crippen molar-refractivity contribution >= 4 is 22.8 Å². The third kappa shape index (κ3) is 3.05. The topological polar surface area (TPSA) is 30.7 Å². The van der Waals surface area contributed by atoms with Gasteiger partial charge in [0.25, 0.3) is 0 Å². The number of rotatable bonds is 4. The average Bonchev–Trinajstić information content (AvgIpc) is 3.03. The molecule has 25 heavy (non-hydrogen) atoms. The van der Waals surface area contributed by atoms with Crippen LogP contribution in [0.3, 0.4) is 0 Å². The van der Waals surface area contributed by atoms with Crippen LogP contribution in [0.5, 0.6) is 0 Å². The molecule has 0 saturated carbocycles. The molecule has 2 aromatic carbocycles. The molecule has 0 fully saturated rings. The number of hydrogen-bond donors (Lipinski definition) is 0. The Hall–Kier alpha value is -2.59. The first-order valence-corrected chi connectivity index (χ1v) is 9.25. The second-order valence-electron chi connectivity index (χ2n) is 6.16. The molecule has 0 N–H and O–H groups in total. The summed E-state index contributed by atoms with van der Waals surface area (Å²) in [6.45, 7) is 4.38. The fraction of sp³-hybridized carbons (Fsp3) is 0.143. The van der Waals surface area contributed by atoms with E-state index < -0.39 is 0 Å². The van der Waals surface area contributed by atoms with Crippen molar-refractivity contribution in [2.24, 2.45) is 0 Å². The molecule has 0 spiro atoms. The Morgan fingerprint density at radius 1 is 0.880 bits per heavy atom. The second-order valence-corrected chi connectivity index (χ2v) is 7.72. The Labute approximate surface area is 151 Å². The lowest BCUT2D eigenvalue weighted by atomic mass is 10.1. The molecule has 0 bridgehead atoms. The monoisotopic (exact) mass is 345 g/mol. The van der Waals surface area contributed by atoms with Gasteiger partial charge in [-0.15, -0.1) is 11.8 Å². The molecule has 0 saturated heterocycles. The predicted octanol–water partition coefficient (Wildman–Crippen LogP) is 5.59. The lowest BCUT2D eigenvalue weighted by molar-refractivity contribution is 1.03. The Kier molecular flexibility index (Phi) is 4.28. The molecular formula is C21H19N3S. The highest BCUT2D eigenvalue weighted by Gasteiger charge is 2.18. The van der Waals surface area contributed by atoms with Crippen molar-refractivity contribution < 1.29 is 0 Å². The summed E-state index contributed by atoms with van der Waals surface area (Å²) < 4.78 is 2.16. The van der Waals surface area contributed by atoms with Gasteiger partial charge in [-0.2, -0.15) is 0 Å². The van der Waals surface area contributed by atoms with Gasteiger partial charge < -0.3 is 4.57 Å². The van der Waals surface area contributed by atoms with Crippen LogP contribution in [0, 0.1) is 0 Å². The molecule has 2 heterocycles. The summed E-state index contributed by atoms with van der Waals surface area (Å²) in [5.74, 6) is 0. The van der Waals surface area contributed by atoms with Crippen LogP contribution in [-0.4, -0.2) is 19.8 Å². The van der Waals surface area contributed by atoms with Gasteiger partial charge in [0.05, 0.1) is 5.39 Å². The maximum absolute atomic E-state index is 4.61. The van der Waals surface area contributed by atoms with Gasteiger partial charge in [0.15, 0.2) is 0 Å². The SMILES string of the molecule is CC(C)Sc1ncnc2c1c(-c1ccccc1)cn2-c1ccccc1. The zero-order chi connectivity index (χ0) is 17.2. The summed E-state index contributed by atoms with van der Waals surface area (Å²) >= 11 is 1.78. The van der Waals surface area contributed by atoms with Crippen LogP contribution < -0.4 is 0 Å². The average molecular weight is 345 g/mol. The Bertz CT molecular complexity index is 992. The van der Waals surface area contributed by atoms with Crippen LogP contribution in [0.1, 0.15) is 13.8 Å². The number of fused-ring (bicyclic) bond motifs is 1. The van der Waals surface area contributed by atoms with Gasteiger partial charge in [-0.3, -0.25) is 0 Å². The zero-order valence-electron chi connectivity index (χ0n) is 14.3. The van der Waals surface area contributed by atoms with Gasteiger partial charge in [0.1, 0.15) is 17.0 Å². The molecule has 4 rings (SSSR count). The van der Waals surface area contributed by atoms with E-state index in [1.807, 2.05) is 24.3 Å². The normalized spacial score (nSPS) is 11.3. The minimum atomic E-state index is 0.460. The molecule has 0 aliphatic heterocycles. The zero-order valence-corrected chi connectivity index (χ0v) is 15.1. The van der Waals surface area contributed by atoms with Gasteiger partial charge in [-0.25, -0.2) is 9.97 Å². The van der Waals surface area contributed by atoms with Gasteiger partial charge in [-0.05, 0) is 17.7 Å². The van der Waals surface area contributed by atoms with E-state index in [0.29, 0.717) is 5.25 Å². The van der Waals surface area contributed by atoms with Gasteiger partial charge in [0.2, 0.25) is 0 Å². The molecule has 0 aliphatic rings. The van der Waals surface area contributed by atoms with Crippen molar-refractivity contribution in [2.75, 3.05) is 0 Å². The summed E-state index contributed by atoms with van der Waals surface area (Å²) in [6.07, 6.45) is 3.84. The minimum absolute atomic E-state index is 0.460. The van der Waals surface area contributed by atoms with E-state index in [1.54, 1.807) is 18.1 Å². The summed E-state index contributed by atoms with van der Waals surface area (Å²) in [5, 5.41) is 2.62. The molecule has 4 heteroatoms. The number of hydrogen-bond acceptors (Lipinski definition) is 3. The largest absolute Gasteiger partial charge is 0.301 e. The quantitative estimate of drug-likeness (QED) is 0.357. The standard InChI is InChI=1S/C21H19N3S/c1-15(2)25-21-19-18(16-9-5-3-6-10-16)13-24(20(19)22-14-23-21)17-11-7-4-8-12-17/h3-15H,1-2H3. The van der Waals surface area contributed by atoms with E-state index >= 15 is 0 Å². The van der Waals surface area contributed by atoms with Crippen LogP contribution in [0.2, 0.25) is 0 Å². The summed E-state index contributed by atoms with van der Waals surface area (Å²) in [4.78, 5) is 9.19. The van der Waals surface area contributed by atoms with E-state index in [2.05, 4.69) is 71.0 Å². The summed E-state index contributed by atoms with van der Waals surface area (Å²) in [6, 6.07) is 20.8. The first kappa shape index (κ1) is 15.9. The second kappa shape index (κ2) is 6.73. The summed E-state index contributed by atoms with van der Waals surface area (Å²) in [5.41, 5.74) is 4.41. The first-order chi connectivity index (χ1) is 12.2. The van der Waals surface area contributed by atoms with Gasteiger partial charge in [0, 0.05) is 22.7 Å². The molecule has 0 amide bonds. The maximum Gasteiger partial charge on any atom is 0.149 e. The Morgan fingerprint density at radius 2 is 1.56 bits per heavy atom. The van der Waals surface area contributed by atoms with Gasteiger partial charge >= 0.3 is 0 Å². The Morgan fingerprint density at radius 3 is 2.24 bits per heavy atom. The number of thioether (sulfide) groups is 1. The fourth-order valence-electron chi connectivity index (χ4n) is 2.97. The van der Waals surface area contributed by atoms with Crippen molar-refractivity contribution in [3.63, 3.8) is 0 Å². The van der Waals surface area contributed by atoms with Crippen LogP contribution in [0.15, 0.2) is 78.2 Å². The van der Waals surface area contributed by atoms with E-state index in [0.717, 1.165) is 21.7 Å². The van der Waals surface area contributed by atoms with Crippen LogP contribution in [0.4, 0.5) is 0 Å². The van der Waals surface area contributed by atoms with Crippen molar-refractivity contribution in [3.8, 4) is 16.8 Å². The highest BCUT2D eigenvalue weighted by atomic mass is 32.2. The molecule has 124 valence electrons. The van der Waals surface area contributed by atoms with Crippen molar-refractivity contribution in [1.29, 1.82) is 0 Å². The lowest BCUT2D eigenvalue weighted by Crippen LogP contribution is -1.95. The highest BCUT2D eigenvalue weighted by molar-refractivity contribution is 8.00. The minimum Gasteiger partial charge on any atom is -0.301 e. The first-order valence-electron chi connectivity index (χ1n) is 8.37. The fourth-order valence-corrected chi connectivity index (χ4v) is 3.84. The number of para-hydroxylation sites is 1. The van der Waals surface area contributed by atoms with Gasteiger partial charge in [-0.1, -0.05) is 62.4 Å². The predicted molar refractivity (Wildman–Crippen MR) is 105 cm³/mol. The molecule has 4 aromatic rings. The molecule has 0 aliphatic carbocycles. The third-order valence-corrected chi connectivity index (χ3v) is 5.02.